The molecule has 0 spiro atoms. The highest BCUT2D eigenvalue weighted by atomic mass is 79.9. The van der Waals surface area contributed by atoms with Crippen LogP contribution in [0.4, 0.5) is 0 Å². The number of amides is 2. The lowest BCUT2D eigenvalue weighted by Gasteiger charge is -2.28. The molecule has 1 aliphatic heterocycles. The lowest BCUT2D eigenvalue weighted by atomic mass is 10.0. The van der Waals surface area contributed by atoms with Crippen LogP contribution < -0.4 is 5.32 Å². The summed E-state index contributed by atoms with van der Waals surface area (Å²) in [6.45, 7) is 2.65. The fraction of sp³-hybridized carbons (Fsp3) is 0.429. The predicted octanol–water partition coefficient (Wildman–Crippen LogP) is 1.99. The Kier molecular flexibility index (Phi) is 4.37. The van der Waals surface area contributed by atoms with E-state index in [9.17, 15) is 9.59 Å². The van der Waals surface area contributed by atoms with Crippen LogP contribution in [0.2, 0.25) is 0 Å². The minimum absolute atomic E-state index is 0.0976. The first-order valence-corrected chi connectivity index (χ1v) is 7.07. The molecule has 1 N–H and O–H groups in total. The third kappa shape index (κ3) is 3.22. The molecule has 1 aromatic carbocycles. The van der Waals surface area contributed by atoms with Crippen molar-refractivity contribution in [2.24, 2.45) is 0 Å². The molecule has 1 fully saturated rings. The minimum atomic E-state index is -0.268. The standard InChI is InChI=1S/C14H17BrN2O2/c1-9-3-4-10(11(15)7-9)8-16-12-5-6-13(18)17(2)14(12)19/h3-4,7,12,16H,5-6,8H2,1-2H3. The molecule has 4 nitrogen and oxygen atoms in total. The number of likely N-dealkylation sites (N-methyl/N-ethyl adjacent to an activating group) is 1. The van der Waals surface area contributed by atoms with Gasteiger partial charge in [0.1, 0.15) is 0 Å². The summed E-state index contributed by atoms with van der Waals surface area (Å²) in [5, 5.41) is 3.23. The van der Waals surface area contributed by atoms with Crippen molar-refractivity contribution in [2.75, 3.05) is 7.05 Å². The van der Waals surface area contributed by atoms with Gasteiger partial charge < -0.3 is 5.32 Å². The Balaban J connectivity index is 1.99. The van der Waals surface area contributed by atoms with Gasteiger partial charge in [0.15, 0.2) is 0 Å². The number of nitrogens with zero attached hydrogens (tertiary/aromatic N) is 1. The molecular formula is C14H17BrN2O2. The Morgan fingerprint density at radius 3 is 2.84 bits per heavy atom. The molecule has 0 radical (unpaired) electrons. The van der Waals surface area contributed by atoms with E-state index in [2.05, 4.69) is 27.3 Å². The predicted molar refractivity (Wildman–Crippen MR) is 76.5 cm³/mol. The molecular weight excluding hydrogens is 308 g/mol. The van der Waals surface area contributed by atoms with E-state index in [0.717, 1.165) is 10.0 Å². The van der Waals surface area contributed by atoms with Gasteiger partial charge in [-0.1, -0.05) is 28.1 Å². The van der Waals surface area contributed by atoms with E-state index in [-0.39, 0.29) is 17.9 Å². The average molecular weight is 325 g/mol. The number of halogens is 1. The molecule has 1 unspecified atom stereocenters. The van der Waals surface area contributed by atoms with Crippen LogP contribution in [0.1, 0.15) is 24.0 Å². The average Bonchev–Trinajstić information content (AvgIpc) is 2.37. The number of benzene rings is 1. The zero-order valence-electron chi connectivity index (χ0n) is 11.1. The van der Waals surface area contributed by atoms with E-state index in [1.54, 1.807) is 7.05 Å². The lowest BCUT2D eigenvalue weighted by Crippen LogP contribution is -2.51. The highest BCUT2D eigenvalue weighted by Gasteiger charge is 2.31. The van der Waals surface area contributed by atoms with Crippen molar-refractivity contribution in [1.29, 1.82) is 0 Å². The molecule has 19 heavy (non-hydrogen) atoms. The van der Waals surface area contributed by atoms with E-state index in [4.69, 9.17) is 0 Å². The molecule has 1 saturated heterocycles. The second kappa shape index (κ2) is 5.84. The number of piperidine rings is 1. The van der Waals surface area contributed by atoms with Crippen molar-refractivity contribution in [3.8, 4) is 0 Å². The molecule has 0 bridgehead atoms. The molecule has 1 aliphatic rings. The maximum Gasteiger partial charge on any atom is 0.246 e. The Bertz CT molecular complexity index is 516. The first-order chi connectivity index (χ1) is 8.99. The molecule has 5 heteroatoms. The van der Waals surface area contributed by atoms with Crippen LogP contribution in [0.25, 0.3) is 0 Å². The molecule has 0 aliphatic carbocycles. The molecule has 1 aromatic rings. The van der Waals surface area contributed by atoms with Crippen molar-refractivity contribution >= 4 is 27.7 Å². The Morgan fingerprint density at radius 1 is 1.42 bits per heavy atom. The van der Waals surface area contributed by atoms with Gasteiger partial charge in [-0.2, -0.15) is 0 Å². The zero-order valence-corrected chi connectivity index (χ0v) is 12.7. The molecule has 1 heterocycles. The van der Waals surface area contributed by atoms with Crippen LogP contribution in [0.5, 0.6) is 0 Å². The zero-order chi connectivity index (χ0) is 14.0. The number of aryl methyl sites for hydroxylation is 1. The summed E-state index contributed by atoms with van der Waals surface area (Å²) in [6.07, 6.45) is 1.00. The van der Waals surface area contributed by atoms with Crippen LogP contribution in [0, 0.1) is 6.92 Å². The lowest BCUT2D eigenvalue weighted by molar-refractivity contribution is -0.148. The van der Waals surface area contributed by atoms with Gasteiger partial charge in [-0.25, -0.2) is 0 Å². The van der Waals surface area contributed by atoms with Crippen LogP contribution in [-0.4, -0.2) is 29.8 Å². The molecule has 0 aromatic heterocycles. The third-order valence-electron chi connectivity index (χ3n) is 3.40. The normalized spacial score (nSPS) is 19.9. The quantitative estimate of drug-likeness (QED) is 0.865. The van der Waals surface area contributed by atoms with Gasteiger partial charge in [0.2, 0.25) is 11.8 Å². The number of carbonyl (C=O) groups is 2. The maximum atomic E-state index is 11.9. The van der Waals surface area contributed by atoms with Crippen molar-refractivity contribution in [2.45, 2.75) is 32.4 Å². The SMILES string of the molecule is Cc1ccc(CNC2CCC(=O)N(C)C2=O)c(Br)c1. The number of rotatable bonds is 3. The topological polar surface area (TPSA) is 49.4 Å². The van der Waals surface area contributed by atoms with E-state index < -0.39 is 0 Å². The van der Waals surface area contributed by atoms with Crippen molar-refractivity contribution in [3.63, 3.8) is 0 Å². The molecule has 2 amide bonds. The van der Waals surface area contributed by atoms with Gasteiger partial charge in [-0.15, -0.1) is 0 Å². The molecule has 0 saturated carbocycles. The van der Waals surface area contributed by atoms with Gasteiger partial charge in [0, 0.05) is 24.5 Å². The second-order valence-electron chi connectivity index (χ2n) is 4.86. The highest BCUT2D eigenvalue weighted by Crippen LogP contribution is 2.19. The van der Waals surface area contributed by atoms with Crippen molar-refractivity contribution < 1.29 is 9.59 Å². The van der Waals surface area contributed by atoms with E-state index in [0.29, 0.717) is 19.4 Å². The number of hydrogen-bond acceptors (Lipinski definition) is 3. The van der Waals surface area contributed by atoms with E-state index in [1.165, 1.54) is 10.5 Å². The monoisotopic (exact) mass is 324 g/mol. The molecule has 2 rings (SSSR count). The number of carbonyl (C=O) groups excluding carboxylic acids is 2. The first-order valence-electron chi connectivity index (χ1n) is 6.28. The van der Waals surface area contributed by atoms with Gasteiger partial charge in [0.05, 0.1) is 6.04 Å². The number of likely N-dealkylation sites (tertiary alicyclic amines) is 1. The summed E-state index contributed by atoms with van der Waals surface area (Å²) in [5.74, 6) is -0.237. The highest BCUT2D eigenvalue weighted by molar-refractivity contribution is 9.10. The summed E-state index contributed by atoms with van der Waals surface area (Å²) < 4.78 is 1.03. The van der Waals surface area contributed by atoms with Gasteiger partial charge in [0.25, 0.3) is 0 Å². The fourth-order valence-electron chi connectivity index (χ4n) is 2.13. The number of imide groups is 1. The van der Waals surface area contributed by atoms with Crippen molar-refractivity contribution in [3.05, 3.63) is 33.8 Å². The third-order valence-corrected chi connectivity index (χ3v) is 4.14. The number of nitrogens with one attached hydrogen (secondary N) is 1. The largest absolute Gasteiger partial charge is 0.302 e. The molecule has 1 atom stereocenters. The van der Waals surface area contributed by atoms with Crippen LogP contribution in [0.15, 0.2) is 22.7 Å². The van der Waals surface area contributed by atoms with Gasteiger partial charge in [-0.3, -0.25) is 14.5 Å². The Labute approximate surface area is 121 Å². The van der Waals surface area contributed by atoms with Crippen LogP contribution >= 0.6 is 15.9 Å². The van der Waals surface area contributed by atoms with Crippen molar-refractivity contribution in [1.82, 2.24) is 10.2 Å². The number of hydrogen-bond donors (Lipinski definition) is 1. The summed E-state index contributed by atoms with van der Waals surface area (Å²) in [5.41, 5.74) is 2.30. The molecule has 102 valence electrons. The summed E-state index contributed by atoms with van der Waals surface area (Å²) >= 11 is 3.52. The van der Waals surface area contributed by atoms with E-state index in [1.807, 2.05) is 19.1 Å². The summed E-state index contributed by atoms with van der Waals surface area (Å²) in [6, 6.07) is 5.86. The summed E-state index contributed by atoms with van der Waals surface area (Å²) in [7, 11) is 1.54. The van der Waals surface area contributed by atoms with Crippen LogP contribution in [-0.2, 0) is 16.1 Å². The maximum absolute atomic E-state index is 11.9. The van der Waals surface area contributed by atoms with Crippen LogP contribution in [0.3, 0.4) is 0 Å². The first kappa shape index (κ1) is 14.2. The minimum Gasteiger partial charge on any atom is -0.302 e. The van der Waals surface area contributed by atoms with Gasteiger partial charge in [-0.05, 0) is 30.5 Å². The second-order valence-corrected chi connectivity index (χ2v) is 5.71. The summed E-state index contributed by atoms with van der Waals surface area (Å²) in [4.78, 5) is 24.5. The Morgan fingerprint density at radius 2 is 2.16 bits per heavy atom. The Hall–Kier alpha value is -1.20. The fourth-order valence-corrected chi connectivity index (χ4v) is 2.77. The van der Waals surface area contributed by atoms with E-state index >= 15 is 0 Å². The van der Waals surface area contributed by atoms with Gasteiger partial charge >= 0.3 is 0 Å². The smallest absolute Gasteiger partial charge is 0.246 e.